The molecule has 1 N–H and O–H groups in total. The van der Waals surface area contributed by atoms with Gasteiger partial charge in [0.25, 0.3) is 0 Å². The quantitative estimate of drug-likeness (QED) is 0.199. The Morgan fingerprint density at radius 2 is 0.733 bits per heavy atom. The van der Waals surface area contributed by atoms with Crippen LogP contribution in [0.25, 0.3) is 0 Å². The normalized spacial score (nSPS) is 12.5. The first-order valence-corrected chi connectivity index (χ1v) is 11.0. The topological polar surface area (TPSA) is 94.1 Å². The van der Waals surface area contributed by atoms with Gasteiger partial charge >= 0.3 is 0 Å². The van der Waals surface area contributed by atoms with E-state index < -0.39 is 0 Å². The molecule has 1 unspecified atom stereocenters. The fourth-order valence-electron chi connectivity index (χ4n) is 2.01. The van der Waals surface area contributed by atoms with Gasteiger partial charge in [0.05, 0.1) is 106 Å². The lowest BCUT2D eigenvalue weighted by Crippen LogP contribution is -2.15. The van der Waals surface area contributed by atoms with E-state index in [0.717, 1.165) is 13.0 Å². The summed E-state index contributed by atoms with van der Waals surface area (Å²) < 4.78 is 43.0. The Morgan fingerprint density at radius 3 is 1.00 bits per heavy atom. The molecule has 0 spiro atoms. The Labute approximate surface area is 182 Å². The van der Waals surface area contributed by atoms with Crippen LogP contribution in [0.2, 0.25) is 0 Å². The van der Waals surface area contributed by atoms with E-state index in [4.69, 9.17) is 43.0 Å². The highest BCUT2D eigenvalue weighted by atomic mass is 16.6. The van der Waals surface area contributed by atoms with Gasteiger partial charge in [0.1, 0.15) is 0 Å². The molecule has 0 rings (SSSR count). The van der Waals surface area contributed by atoms with Crippen LogP contribution in [-0.4, -0.2) is 117 Å². The summed E-state index contributed by atoms with van der Waals surface area (Å²) in [6, 6.07) is 0. The summed E-state index contributed by atoms with van der Waals surface area (Å²) in [6.07, 6.45) is 1.14. The van der Waals surface area contributed by atoms with Crippen molar-refractivity contribution in [3.8, 4) is 0 Å². The van der Waals surface area contributed by atoms with Crippen molar-refractivity contribution in [3.05, 3.63) is 0 Å². The minimum Gasteiger partial charge on any atom is -0.394 e. The molecule has 0 aliphatic carbocycles. The molecule has 0 heterocycles. The molecule has 30 heavy (non-hydrogen) atoms. The molecule has 9 nitrogen and oxygen atoms in total. The third-order valence-electron chi connectivity index (χ3n) is 3.94. The monoisotopic (exact) mass is 440 g/mol. The first-order valence-electron chi connectivity index (χ1n) is 11.0. The zero-order chi connectivity index (χ0) is 22.0. The molecule has 0 saturated heterocycles. The number of hydrogen-bond donors (Lipinski definition) is 1. The van der Waals surface area contributed by atoms with Gasteiger partial charge in [-0.3, -0.25) is 0 Å². The summed E-state index contributed by atoms with van der Waals surface area (Å²) in [4.78, 5) is 0. The van der Waals surface area contributed by atoms with Gasteiger partial charge in [-0.15, -0.1) is 0 Å². The molecule has 0 amide bonds. The van der Waals surface area contributed by atoms with Crippen LogP contribution in [0.3, 0.4) is 0 Å². The molecule has 0 fully saturated rings. The van der Waals surface area contributed by atoms with Crippen molar-refractivity contribution in [2.45, 2.75) is 20.3 Å². The smallest absolute Gasteiger partial charge is 0.0701 e. The van der Waals surface area contributed by atoms with E-state index in [1.54, 1.807) is 0 Å². The second kappa shape index (κ2) is 26.7. The van der Waals surface area contributed by atoms with Crippen LogP contribution in [0.5, 0.6) is 0 Å². The van der Waals surface area contributed by atoms with Crippen LogP contribution in [0.1, 0.15) is 20.3 Å². The Balaban J connectivity index is 3.00. The maximum atomic E-state index is 8.54. The minimum atomic E-state index is 0.0345. The molecule has 0 bridgehead atoms. The van der Waals surface area contributed by atoms with Gasteiger partial charge in [-0.05, 0) is 5.92 Å². The van der Waals surface area contributed by atoms with Gasteiger partial charge < -0.3 is 43.0 Å². The zero-order valence-corrected chi connectivity index (χ0v) is 19.0. The molecule has 0 aromatic carbocycles. The number of aliphatic hydroxyl groups excluding tert-OH is 1. The van der Waals surface area contributed by atoms with Crippen molar-refractivity contribution in [3.63, 3.8) is 0 Å². The van der Waals surface area contributed by atoms with Gasteiger partial charge in [-0.1, -0.05) is 20.3 Å². The molecule has 0 aromatic heterocycles. The Kier molecular flexibility index (Phi) is 26.4. The summed E-state index contributed by atoms with van der Waals surface area (Å²) >= 11 is 0. The summed E-state index contributed by atoms with van der Waals surface area (Å²) in [5.74, 6) is 0.604. The van der Waals surface area contributed by atoms with Crippen LogP contribution >= 0.6 is 0 Å². The van der Waals surface area contributed by atoms with E-state index in [1.807, 2.05) is 0 Å². The first kappa shape index (κ1) is 29.6. The van der Waals surface area contributed by atoms with E-state index in [0.29, 0.717) is 105 Å². The highest BCUT2D eigenvalue weighted by Crippen LogP contribution is 1.99. The van der Waals surface area contributed by atoms with E-state index >= 15 is 0 Å². The summed E-state index contributed by atoms with van der Waals surface area (Å²) in [5.41, 5.74) is 0. The van der Waals surface area contributed by atoms with E-state index in [9.17, 15) is 0 Å². The first-order chi connectivity index (χ1) is 14.8. The van der Waals surface area contributed by atoms with E-state index in [1.165, 1.54) is 0 Å². The molecule has 0 aromatic rings. The van der Waals surface area contributed by atoms with Gasteiger partial charge in [-0.25, -0.2) is 0 Å². The average molecular weight is 441 g/mol. The Morgan fingerprint density at radius 1 is 0.467 bits per heavy atom. The van der Waals surface area contributed by atoms with Crippen molar-refractivity contribution >= 4 is 0 Å². The lowest BCUT2D eigenvalue weighted by molar-refractivity contribution is -0.0244. The zero-order valence-electron chi connectivity index (χ0n) is 19.0. The average Bonchev–Trinajstić information content (AvgIpc) is 2.76. The third-order valence-corrected chi connectivity index (χ3v) is 3.94. The number of aliphatic hydroxyl groups is 1. The maximum Gasteiger partial charge on any atom is 0.0701 e. The highest BCUT2D eigenvalue weighted by Gasteiger charge is 1.98. The van der Waals surface area contributed by atoms with Crippen molar-refractivity contribution in [2.24, 2.45) is 5.92 Å². The molecule has 182 valence electrons. The van der Waals surface area contributed by atoms with Crippen LogP contribution in [0, 0.1) is 5.92 Å². The Bertz CT molecular complexity index is 308. The number of rotatable bonds is 26. The molecule has 0 aliphatic rings. The molecular formula is C21H44O9. The Hall–Kier alpha value is -0.360. The van der Waals surface area contributed by atoms with Crippen LogP contribution < -0.4 is 0 Å². The van der Waals surface area contributed by atoms with Crippen LogP contribution in [-0.2, 0) is 37.9 Å². The summed E-state index contributed by atoms with van der Waals surface area (Å²) in [7, 11) is 0. The predicted octanol–water partition coefficient (Wildman–Crippen LogP) is 1.16. The molecule has 9 heteroatoms. The third kappa shape index (κ3) is 25.7. The SMILES string of the molecule is CCC(C)COCCOCCOCCOCCOCCOCCOCCOCCO. The fourth-order valence-corrected chi connectivity index (χ4v) is 2.01. The second-order valence-corrected chi connectivity index (χ2v) is 6.60. The second-order valence-electron chi connectivity index (χ2n) is 6.60. The summed E-state index contributed by atoms with van der Waals surface area (Å²) in [6.45, 7) is 13.1. The van der Waals surface area contributed by atoms with E-state index in [-0.39, 0.29) is 6.61 Å². The van der Waals surface area contributed by atoms with Crippen molar-refractivity contribution in [2.75, 3.05) is 112 Å². The molecule has 0 saturated carbocycles. The van der Waals surface area contributed by atoms with Crippen LogP contribution in [0.4, 0.5) is 0 Å². The highest BCUT2D eigenvalue weighted by molar-refractivity contribution is 4.46. The fraction of sp³-hybridized carbons (Fsp3) is 1.00. The maximum absolute atomic E-state index is 8.54. The lowest BCUT2D eigenvalue weighted by Gasteiger charge is -2.10. The summed E-state index contributed by atoms with van der Waals surface area (Å²) in [5, 5.41) is 8.54. The molecule has 0 radical (unpaired) electrons. The predicted molar refractivity (Wildman–Crippen MR) is 113 cm³/mol. The van der Waals surface area contributed by atoms with Gasteiger partial charge in [-0.2, -0.15) is 0 Å². The van der Waals surface area contributed by atoms with Crippen molar-refractivity contribution in [1.29, 1.82) is 0 Å². The molecule has 1 atom stereocenters. The lowest BCUT2D eigenvalue weighted by atomic mass is 10.1. The minimum absolute atomic E-state index is 0.0345. The number of ether oxygens (including phenoxy) is 8. The van der Waals surface area contributed by atoms with Crippen molar-refractivity contribution < 1.29 is 43.0 Å². The van der Waals surface area contributed by atoms with Crippen molar-refractivity contribution in [1.82, 2.24) is 0 Å². The van der Waals surface area contributed by atoms with Crippen LogP contribution in [0.15, 0.2) is 0 Å². The largest absolute Gasteiger partial charge is 0.394 e. The standard InChI is InChI=1S/C21H44O9/c1-3-21(2)20-30-19-18-29-17-16-28-15-14-27-13-12-26-11-10-25-9-8-24-7-6-23-5-4-22/h21-22H,3-20H2,1-2H3. The molecular weight excluding hydrogens is 396 g/mol. The van der Waals surface area contributed by atoms with Gasteiger partial charge in [0, 0.05) is 6.61 Å². The number of hydrogen-bond acceptors (Lipinski definition) is 9. The van der Waals surface area contributed by atoms with Gasteiger partial charge in [0.2, 0.25) is 0 Å². The van der Waals surface area contributed by atoms with E-state index in [2.05, 4.69) is 13.8 Å². The molecule has 0 aliphatic heterocycles. The van der Waals surface area contributed by atoms with Gasteiger partial charge in [0.15, 0.2) is 0 Å².